The molecule has 1 N–H and O–H groups in total. The van der Waals surface area contributed by atoms with E-state index >= 15 is 0 Å². The first-order valence-corrected chi connectivity index (χ1v) is 9.97. The lowest BCUT2D eigenvalue weighted by molar-refractivity contribution is -0.0343. The molecule has 2 aromatic heterocycles. The van der Waals surface area contributed by atoms with Gasteiger partial charge in [-0.05, 0) is 67.0 Å². The van der Waals surface area contributed by atoms with Crippen molar-refractivity contribution in [2.75, 3.05) is 19.0 Å². The Kier molecular flexibility index (Phi) is 4.71. The lowest BCUT2D eigenvalue weighted by Crippen LogP contribution is -2.31. The van der Waals surface area contributed by atoms with E-state index in [9.17, 15) is 0 Å². The van der Waals surface area contributed by atoms with Crippen molar-refractivity contribution >= 4 is 24.0 Å². The van der Waals surface area contributed by atoms with E-state index < -0.39 is 0 Å². The van der Waals surface area contributed by atoms with Gasteiger partial charge in [0.1, 0.15) is 5.65 Å². The largest absolute Gasteiger partial charge is 0.378 e. The maximum absolute atomic E-state index is 6.30. The van der Waals surface area contributed by atoms with E-state index in [-0.39, 0.29) is 16.9 Å². The van der Waals surface area contributed by atoms with Crippen LogP contribution in [0.15, 0.2) is 42.6 Å². The quantitative estimate of drug-likeness (QED) is 0.513. The smallest absolute Gasteiger partial charge is 0.166 e. The van der Waals surface area contributed by atoms with Crippen LogP contribution in [0.2, 0.25) is 5.31 Å². The molecule has 4 rings (SSSR count). The highest BCUT2D eigenvalue weighted by Gasteiger charge is 2.48. The monoisotopic (exact) mass is 384 g/mol. The van der Waals surface area contributed by atoms with E-state index in [0.29, 0.717) is 0 Å². The van der Waals surface area contributed by atoms with Gasteiger partial charge in [0, 0.05) is 36.9 Å². The summed E-state index contributed by atoms with van der Waals surface area (Å²) in [6, 6.07) is 12.4. The second-order valence-corrected chi connectivity index (χ2v) is 9.02. The third-order valence-corrected chi connectivity index (χ3v) is 6.09. The number of fused-ring (bicyclic) bond motifs is 1. The average Bonchev–Trinajstić information content (AvgIpc) is 3.16. The van der Waals surface area contributed by atoms with Gasteiger partial charge in [-0.25, -0.2) is 4.98 Å². The van der Waals surface area contributed by atoms with Gasteiger partial charge in [-0.15, -0.1) is 0 Å². The average molecular weight is 384 g/mol. The Balaban J connectivity index is 1.57. The molecule has 3 heterocycles. The summed E-state index contributed by atoms with van der Waals surface area (Å²) in [5.41, 5.74) is 4.73. The van der Waals surface area contributed by atoms with Crippen molar-refractivity contribution < 1.29 is 4.74 Å². The highest BCUT2D eigenvalue weighted by molar-refractivity contribution is 6.43. The van der Waals surface area contributed by atoms with Gasteiger partial charge in [-0.2, -0.15) is 0 Å². The van der Waals surface area contributed by atoms with Crippen LogP contribution in [0.1, 0.15) is 50.5 Å². The van der Waals surface area contributed by atoms with Gasteiger partial charge in [-0.1, -0.05) is 19.8 Å². The zero-order chi connectivity index (χ0) is 20.8. The number of aromatic amines is 1. The zero-order valence-electron chi connectivity index (χ0n) is 18.0. The highest BCUT2D eigenvalue weighted by Crippen LogP contribution is 2.51. The minimum Gasteiger partial charge on any atom is -0.378 e. The number of aromatic nitrogens is 2. The second kappa shape index (κ2) is 6.97. The lowest BCUT2D eigenvalue weighted by Gasteiger charge is -2.33. The van der Waals surface area contributed by atoms with E-state index in [1.54, 1.807) is 0 Å². The van der Waals surface area contributed by atoms with E-state index in [0.717, 1.165) is 33.5 Å². The number of nitrogens with one attached hydrogen (secondary N) is 1. The van der Waals surface area contributed by atoms with Crippen LogP contribution in [-0.4, -0.2) is 36.9 Å². The first-order chi connectivity index (χ1) is 13.6. The van der Waals surface area contributed by atoms with Crippen molar-refractivity contribution in [2.45, 2.75) is 44.6 Å². The van der Waals surface area contributed by atoms with E-state index in [4.69, 9.17) is 4.74 Å². The number of ether oxygens (including phenoxy) is 1. The molecule has 1 unspecified atom stereocenters. The van der Waals surface area contributed by atoms with Crippen LogP contribution >= 0.6 is 0 Å². The van der Waals surface area contributed by atoms with Gasteiger partial charge < -0.3 is 14.6 Å². The topological polar surface area (TPSA) is 41.1 Å². The number of pyridine rings is 1. The summed E-state index contributed by atoms with van der Waals surface area (Å²) in [4.78, 5) is 9.98. The molecule has 29 heavy (non-hydrogen) atoms. The molecule has 1 radical (unpaired) electrons. The number of nitrogens with zero attached hydrogens (tertiary/aromatic N) is 2. The number of H-pyrrole nitrogens is 1. The summed E-state index contributed by atoms with van der Waals surface area (Å²) in [6.07, 6.45) is 1.90. The van der Waals surface area contributed by atoms with E-state index in [2.05, 4.69) is 85.9 Å². The number of anilines is 1. The van der Waals surface area contributed by atoms with Crippen molar-refractivity contribution in [3.8, 4) is 11.8 Å². The van der Waals surface area contributed by atoms with Crippen LogP contribution in [0.5, 0.6) is 0 Å². The summed E-state index contributed by atoms with van der Waals surface area (Å²) in [5, 5.41) is 1.05. The minimum absolute atomic E-state index is 0.00351. The third kappa shape index (κ3) is 3.78. The molecule has 0 spiro atoms. The molecule has 0 amide bonds. The molecule has 0 aliphatic carbocycles. The van der Waals surface area contributed by atoms with Crippen molar-refractivity contribution in [3.05, 3.63) is 59.4 Å². The van der Waals surface area contributed by atoms with Crippen LogP contribution < -0.4 is 4.90 Å². The Hall–Kier alpha value is -2.71. The predicted octanol–water partition coefficient (Wildman–Crippen LogP) is 4.74. The molecular weight excluding hydrogens is 357 g/mol. The Morgan fingerprint density at radius 2 is 1.79 bits per heavy atom. The SMILES string of the molecule is CN(C)c1ccc(C#Cc2cc3cc(C4[B]C(C)(C)C(C)(C)O4)cnc3[nH]2)cc1. The first kappa shape index (κ1) is 19.6. The summed E-state index contributed by atoms with van der Waals surface area (Å²) >= 11 is 0. The van der Waals surface area contributed by atoms with Gasteiger partial charge in [0.2, 0.25) is 0 Å². The molecule has 4 nitrogen and oxygen atoms in total. The summed E-state index contributed by atoms with van der Waals surface area (Å²) < 4.78 is 6.30. The number of benzene rings is 1. The molecule has 3 aromatic rings. The molecule has 0 saturated carbocycles. The van der Waals surface area contributed by atoms with Crippen LogP contribution in [-0.2, 0) is 4.74 Å². The van der Waals surface area contributed by atoms with Crippen LogP contribution in [0.3, 0.4) is 0 Å². The molecule has 5 heteroatoms. The van der Waals surface area contributed by atoms with Gasteiger partial charge >= 0.3 is 0 Å². The van der Waals surface area contributed by atoms with Gasteiger partial charge in [0.25, 0.3) is 0 Å². The maximum atomic E-state index is 6.30. The fraction of sp³-hybridized carbons (Fsp3) is 0.375. The molecule has 1 atom stereocenters. The van der Waals surface area contributed by atoms with Crippen molar-refractivity contribution in [1.82, 2.24) is 9.97 Å². The highest BCUT2D eigenvalue weighted by atomic mass is 16.5. The minimum atomic E-state index is -0.205. The van der Waals surface area contributed by atoms with Crippen LogP contribution in [0, 0.1) is 11.8 Å². The summed E-state index contributed by atoms with van der Waals surface area (Å²) in [6.45, 7) is 8.72. The maximum Gasteiger partial charge on any atom is 0.166 e. The Bertz CT molecular complexity index is 1080. The molecule has 1 fully saturated rings. The van der Waals surface area contributed by atoms with E-state index in [1.165, 1.54) is 0 Å². The van der Waals surface area contributed by atoms with Crippen molar-refractivity contribution in [3.63, 3.8) is 0 Å². The van der Waals surface area contributed by atoms with Gasteiger partial charge in [0.05, 0.1) is 17.3 Å². The molecule has 1 aliphatic heterocycles. The van der Waals surface area contributed by atoms with Crippen LogP contribution in [0.4, 0.5) is 5.69 Å². The molecule has 1 aliphatic rings. The Labute approximate surface area is 173 Å². The normalized spacial score (nSPS) is 19.4. The Morgan fingerprint density at radius 1 is 1.07 bits per heavy atom. The molecule has 147 valence electrons. The molecular formula is C24H27BN3O. The predicted molar refractivity (Wildman–Crippen MR) is 121 cm³/mol. The van der Waals surface area contributed by atoms with Crippen molar-refractivity contribution in [1.29, 1.82) is 0 Å². The second-order valence-electron chi connectivity index (χ2n) is 9.02. The standard InChI is InChI=1S/C24H27BN3O/c1-23(2)24(3,4)29-21(25-23)18-13-17-14-19(27-22(17)26-15-18)10-7-16-8-11-20(12-9-16)28(5)6/h8-9,11-15,21H,1-6H3,(H,26,27). The third-order valence-electron chi connectivity index (χ3n) is 6.09. The van der Waals surface area contributed by atoms with Crippen LogP contribution in [0.25, 0.3) is 11.0 Å². The number of rotatable bonds is 2. The van der Waals surface area contributed by atoms with E-state index in [1.807, 2.05) is 32.4 Å². The first-order valence-electron chi connectivity index (χ1n) is 9.97. The fourth-order valence-electron chi connectivity index (χ4n) is 3.48. The summed E-state index contributed by atoms with van der Waals surface area (Å²) in [5.74, 6) is 6.44. The summed E-state index contributed by atoms with van der Waals surface area (Å²) in [7, 11) is 6.34. The van der Waals surface area contributed by atoms with Gasteiger partial charge in [0.15, 0.2) is 7.28 Å². The Morgan fingerprint density at radius 3 is 2.41 bits per heavy atom. The fourth-order valence-corrected chi connectivity index (χ4v) is 3.48. The molecule has 1 aromatic carbocycles. The number of hydrogen-bond acceptors (Lipinski definition) is 3. The zero-order valence-corrected chi connectivity index (χ0v) is 18.0. The van der Waals surface area contributed by atoms with Crippen molar-refractivity contribution in [2.24, 2.45) is 0 Å². The lowest BCUT2D eigenvalue weighted by atomic mass is 9.47. The van der Waals surface area contributed by atoms with Gasteiger partial charge in [-0.3, -0.25) is 0 Å². The number of hydrogen-bond donors (Lipinski definition) is 1. The molecule has 1 saturated heterocycles. The molecule has 0 bridgehead atoms.